The number of ether oxygens (including phenoxy) is 2. The van der Waals surface area contributed by atoms with Crippen molar-refractivity contribution in [3.8, 4) is 17.3 Å². The van der Waals surface area contributed by atoms with E-state index in [9.17, 15) is 27.2 Å². The SMILES string of the molecule is COCC(NC(=O)c1cc(=O)[nH]c(-c2ccc(C3CC3)cn2)n1)c1ccc(OC(F)(F)F)c(F)c1. The van der Waals surface area contributed by atoms with E-state index in [1.165, 1.54) is 7.11 Å². The molecule has 8 nitrogen and oxygen atoms in total. The van der Waals surface area contributed by atoms with Crippen LogP contribution in [0.25, 0.3) is 11.5 Å². The van der Waals surface area contributed by atoms with E-state index in [4.69, 9.17) is 4.74 Å². The number of halogens is 4. The second-order valence-electron chi connectivity index (χ2n) is 7.95. The summed E-state index contributed by atoms with van der Waals surface area (Å²) in [5.74, 6) is -2.47. The Morgan fingerprint density at radius 3 is 2.60 bits per heavy atom. The summed E-state index contributed by atoms with van der Waals surface area (Å²) >= 11 is 0. The van der Waals surface area contributed by atoms with Crippen LogP contribution in [0.3, 0.4) is 0 Å². The molecule has 1 atom stereocenters. The molecule has 1 aromatic carbocycles. The Labute approximate surface area is 196 Å². The average molecular weight is 492 g/mol. The lowest BCUT2D eigenvalue weighted by Gasteiger charge is -2.19. The molecule has 1 aliphatic rings. The Morgan fingerprint density at radius 2 is 2.00 bits per heavy atom. The third-order valence-electron chi connectivity index (χ3n) is 5.27. The van der Waals surface area contributed by atoms with Gasteiger partial charge in [-0.2, -0.15) is 0 Å². The predicted octanol–water partition coefficient (Wildman–Crippen LogP) is 3.86. The normalized spacial score (nSPS) is 14.4. The highest BCUT2D eigenvalue weighted by Crippen LogP contribution is 2.39. The van der Waals surface area contributed by atoms with Crippen LogP contribution < -0.4 is 15.6 Å². The number of benzene rings is 1. The summed E-state index contributed by atoms with van der Waals surface area (Å²) in [7, 11) is 1.33. The third kappa shape index (κ3) is 6.21. The summed E-state index contributed by atoms with van der Waals surface area (Å²) in [5, 5.41) is 2.55. The van der Waals surface area contributed by atoms with Gasteiger partial charge >= 0.3 is 6.36 Å². The van der Waals surface area contributed by atoms with Crippen LogP contribution in [0.15, 0.2) is 47.4 Å². The van der Waals surface area contributed by atoms with E-state index in [0.717, 1.165) is 42.7 Å². The second-order valence-corrected chi connectivity index (χ2v) is 7.95. The summed E-state index contributed by atoms with van der Waals surface area (Å²) in [6.07, 6.45) is -1.14. The van der Waals surface area contributed by atoms with Crippen LogP contribution >= 0.6 is 0 Å². The molecule has 2 N–H and O–H groups in total. The van der Waals surface area contributed by atoms with Crippen molar-refractivity contribution in [2.75, 3.05) is 13.7 Å². The first-order chi connectivity index (χ1) is 16.6. The predicted molar refractivity (Wildman–Crippen MR) is 115 cm³/mol. The number of methoxy groups -OCH3 is 1. The maximum Gasteiger partial charge on any atom is 0.573 e. The van der Waals surface area contributed by atoms with Gasteiger partial charge in [0.25, 0.3) is 11.5 Å². The molecule has 1 fully saturated rings. The zero-order valence-electron chi connectivity index (χ0n) is 18.4. The largest absolute Gasteiger partial charge is 0.573 e. The zero-order chi connectivity index (χ0) is 25.2. The average Bonchev–Trinajstić information content (AvgIpc) is 3.64. The molecule has 0 radical (unpaired) electrons. The Kier molecular flexibility index (Phi) is 6.83. The van der Waals surface area contributed by atoms with Crippen molar-refractivity contribution in [1.82, 2.24) is 20.3 Å². The number of alkyl halides is 3. The summed E-state index contributed by atoms with van der Waals surface area (Å²) in [4.78, 5) is 36.1. The van der Waals surface area contributed by atoms with E-state index in [1.54, 1.807) is 12.3 Å². The number of carbonyl (C=O) groups is 1. The number of hydrogen-bond donors (Lipinski definition) is 2. The smallest absolute Gasteiger partial charge is 0.403 e. The standard InChI is InChI=1S/C23H20F4N4O4/c1-34-11-18(13-5-7-19(15(24)8-13)35-23(25,26)27)30-22(33)17-9-20(32)31-21(29-17)16-6-4-14(10-28-16)12-2-3-12/h4-10,12,18H,2-3,11H2,1H3,(H,30,33)(H,29,31,32). The summed E-state index contributed by atoms with van der Waals surface area (Å²) < 4.78 is 60.1. The van der Waals surface area contributed by atoms with E-state index in [0.29, 0.717) is 11.6 Å². The molecule has 184 valence electrons. The van der Waals surface area contributed by atoms with Crippen molar-refractivity contribution in [3.63, 3.8) is 0 Å². The molecule has 2 aromatic heterocycles. The molecule has 0 saturated heterocycles. The van der Waals surface area contributed by atoms with Crippen molar-refractivity contribution < 1.29 is 31.8 Å². The van der Waals surface area contributed by atoms with Gasteiger partial charge in [-0.1, -0.05) is 12.1 Å². The fourth-order valence-electron chi connectivity index (χ4n) is 3.46. The molecular formula is C23H20F4N4O4. The first-order valence-electron chi connectivity index (χ1n) is 10.6. The first-order valence-corrected chi connectivity index (χ1v) is 10.6. The van der Waals surface area contributed by atoms with Crippen molar-refractivity contribution >= 4 is 5.91 Å². The lowest BCUT2D eigenvalue weighted by atomic mass is 10.1. The van der Waals surface area contributed by atoms with Gasteiger partial charge in [-0.15, -0.1) is 13.2 Å². The number of pyridine rings is 1. The fraction of sp³-hybridized carbons (Fsp3) is 0.304. The first kappa shape index (κ1) is 24.3. The van der Waals surface area contributed by atoms with Crippen LogP contribution in [0, 0.1) is 5.82 Å². The molecular weight excluding hydrogens is 472 g/mol. The van der Waals surface area contributed by atoms with Crippen molar-refractivity contribution in [1.29, 1.82) is 0 Å². The van der Waals surface area contributed by atoms with E-state index in [1.807, 2.05) is 6.07 Å². The second kappa shape index (κ2) is 9.82. The number of aromatic nitrogens is 3. The highest BCUT2D eigenvalue weighted by molar-refractivity contribution is 5.92. The molecule has 0 aliphatic heterocycles. The fourth-order valence-corrected chi connectivity index (χ4v) is 3.46. The highest BCUT2D eigenvalue weighted by Gasteiger charge is 2.32. The lowest BCUT2D eigenvalue weighted by molar-refractivity contribution is -0.275. The molecule has 3 aromatic rings. The van der Waals surface area contributed by atoms with Gasteiger partial charge in [-0.25, -0.2) is 9.37 Å². The number of amides is 1. The Bertz CT molecular complexity index is 1270. The Hall–Kier alpha value is -3.80. The minimum absolute atomic E-state index is 0.0907. The van der Waals surface area contributed by atoms with E-state index >= 15 is 0 Å². The number of nitrogens with one attached hydrogen (secondary N) is 2. The zero-order valence-corrected chi connectivity index (χ0v) is 18.4. The molecule has 1 unspecified atom stereocenters. The van der Waals surface area contributed by atoms with Gasteiger partial charge in [0, 0.05) is 19.4 Å². The van der Waals surface area contributed by atoms with Gasteiger partial charge in [0.1, 0.15) is 11.4 Å². The summed E-state index contributed by atoms with van der Waals surface area (Å²) in [5.41, 5.74) is 0.768. The molecule has 0 spiro atoms. The number of aromatic amines is 1. The van der Waals surface area contributed by atoms with Gasteiger partial charge in [0.15, 0.2) is 17.4 Å². The maximum atomic E-state index is 14.2. The quantitative estimate of drug-likeness (QED) is 0.463. The highest BCUT2D eigenvalue weighted by atomic mass is 19.4. The van der Waals surface area contributed by atoms with Crippen LogP contribution in [0.4, 0.5) is 17.6 Å². The van der Waals surface area contributed by atoms with Gasteiger partial charge in [0.05, 0.1) is 12.6 Å². The lowest BCUT2D eigenvalue weighted by Crippen LogP contribution is -2.33. The molecule has 4 rings (SSSR count). The van der Waals surface area contributed by atoms with Crippen LogP contribution in [0.1, 0.15) is 46.4 Å². The molecule has 1 saturated carbocycles. The molecule has 12 heteroatoms. The number of H-pyrrole nitrogens is 1. The van der Waals surface area contributed by atoms with Gasteiger partial charge < -0.3 is 19.8 Å². The number of hydrogen-bond acceptors (Lipinski definition) is 6. The molecule has 35 heavy (non-hydrogen) atoms. The number of carbonyl (C=O) groups excluding carboxylic acids is 1. The van der Waals surface area contributed by atoms with Gasteiger partial charge in [0.2, 0.25) is 0 Å². The van der Waals surface area contributed by atoms with Crippen LogP contribution in [0.5, 0.6) is 5.75 Å². The van der Waals surface area contributed by atoms with Crippen LogP contribution in [-0.2, 0) is 4.74 Å². The summed E-state index contributed by atoms with van der Waals surface area (Å²) in [6.45, 7) is -0.134. The molecule has 1 aliphatic carbocycles. The topological polar surface area (TPSA) is 106 Å². The van der Waals surface area contributed by atoms with Crippen molar-refractivity contribution in [2.24, 2.45) is 0 Å². The summed E-state index contributed by atoms with van der Waals surface area (Å²) in [6, 6.07) is 6.39. The molecule has 1 amide bonds. The number of rotatable bonds is 8. The minimum Gasteiger partial charge on any atom is -0.403 e. The van der Waals surface area contributed by atoms with Crippen molar-refractivity contribution in [2.45, 2.75) is 31.2 Å². The van der Waals surface area contributed by atoms with E-state index in [2.05, 4.69) is 25.0 Å². The Morgan fingerprint density at radius 1 is 1.23 bits per heavy atom. The molecule has 0 bridgehead atoms. The minimum atomic E-state index is -5.06. The van der Waals surface area contributed by atoms with E-state index in [-0.39, 0.29) is 23.7 Å². The Balaban J connectivity index is 1.55. The van der Waals surface area contributed by atoms with Gasteiger partial charge in [-0.05, 0) is 48.1 Å². The van der Waals surface area contributed by atoms with E-state index < -0.39 is 35.4 Å². The number of nitrogens with zero attached hydrogens (tertiary/aromatic N) is 2. The maximum absolute atomic E-state index is 14.2. The van der Waals surface area contributed by atoms with Crippen LogP contribution in [0.2, 0.25) is 0 Å². The molecule has 2 heterocycles. The monoisotopic (exact) mass is 492 g/mol. The third-order valence-corrected chi connectivity index (χ3v) is 5.27. The van der Waals surface area contributed by atoms with Crippen molar-refractivity contribution in [3.05, 3.63) is 75.6 Å². The van der Waals surface area contributed by atoms with Gasteiger partial charge in [-0.3, -0.25) is 14.6 Å². The van der Waals surface area contributed by atoms with Crippen LogP contribution in [-0.4, -0.2) is 40.9 Å².